The number of halogens is 1. The van der Waals surface area contributed by atoms with Crippen LogP contribution in [0.15, 0.2) is 29.5 Å². The largest absolute Gasteiger partial charge is 0.296 e. The van der Waals surface area contributed by atoms with Crippen molar-refractivity contribution in [2.75, 3.05) is 0 Å². The summed E-state index contributed by atoms with van der Waals surface area (Å²) in [6.07, 6.45) is 9.03. The molecule has 72 valence electrons. The first-order valence-electron chi connectivity index (χ1n) is 4.33. The van der Waals surface area contributed by atoms with Crippen molar-refractivity contribution in [1.82, 2.24) is 10.2 Å². The summed E-state index contributed by atoms with van der Waals surface area (Å²) >= 11 is 6.06. The van der Waals surface area contributed by atoms with Gasteiger partial charge in [0, 0.05) is 16.5 Å². The molecule has 1 atom stereocenters. The lowest BCUT2D eigenvalue weighted by atomic mass is 9.93. The average Bonchev–Trinajstić information content (AvgIpc) is 2.66. The maximum absolute atomic E-state index is 10.7. The second-order valence-electron chi connectivity index (χ2n) is 3.12. The fraction of sp³-hybridized carbons (Fsp3) is 0.200. The van der Waals surface area contributed by atoms with Crippen molar-refractivity contribution in [3.05, 3.63) is 40.7 Å². The molecule has 0 aliphatic heterocycles. The van der Waals surface area contributed by atoms with Gasteiger partial charge in [-0.25, -0.2) is 0 Å². The summed E-state index contributed by atoms with van der Waals surface area (Å²) in [6, 6.07) is 0. The number of nitrogens with zero attached hydrogens (tertiary/aromatic N) is 1. The van der Waals surface area contributed by atoms with Gasteiger partial charge < -0.3 is 0 Å². The van der Waals surface area contributed by atoms with Gasteiger partial charge >= 0.3 is 0 Å². The topological polar surface area (TPSA) is 45.8 Å². The summed E-state index contributed by atoms with van der Waals surface area (Å²) in [5, 5.41) is 7.23. The first-order chi connectivity index (χ1) is 6.83. The number of aromatic amines is 1. The SMILES string of the molecule is O=Cc1[nH]ncc1C1CC=CC=C1Cl. The van der Waals surface area contributed by atoms with Crippen molar-refractivity contribution < 1.29 is 4.79 Å². The van der Waals surface area contributed by atoms with E-state index in [9.17, 15) is 4.79 Å². The van der Waals surface area contributed by atoms with E-state index in [0.717, 1.165) is 23.3 Å². The van der Waals surface area contributed by atoms with Gasteiger partial charge in [0.1, 0.15) is 5.69 Å². The molecular formula is C10H9ClN2O. The maximum atomic E-state index is 10.7. The lowest BCUT2D eigenvalue weighted by molar-refractivity contribution is 0.111. The molecule has 14 heavy (non-hydrogen) atoms. The molecule has 3 nitrogen and oxygen atoms in total. The third-order valence-corrected chi connectivity index (χ3v) is 2.68. The van der Waals surface area contributed by atoms with Crippen LogP contribution in [0.2, 0.25) is 0 Å². The van der Waals surface area contributed by atoms with Gasteiger partial charge in [-0.2, -0.15) is 5.10 Å². The smallest absolute Gasteiger partial charge is 0.168 e. The van der Waals surface area contributed by atoms with Crippen LogP contribution in [0.25, 0.3) is 0 Å². The van der Waals surface area contributed by atoms with E-state index in [-0.39, 0.29) is 5.92 Å². The molecule has 1 aromatic rings. The maximum Gasteiger partial charge on any atom is 0.168 e. The predicted molar refractivity (Wildman–Crippen MR) is 54.4 cm³/mol. The number of H-pyrrole nitrogens is 1. The first kappa shape index (κ1) is 9.21. The third kappa shape index (κ3) is 1.51. The predicted octanol–water partition coefficient (Wildman–Crippen LogP) is 2.39. The van der Waals surface area contributed by atoms with Crippen LogP contribution in [0.5, 0.6) is 0 Å². The summed E-state index contributed by atoms with van der Waals surface area (Å²) in [4.78, 5) is 10.7. The minimum Gasteiger partial charge on any atom is -0.296 e. The zero-order valence-electron chi connectivity index (χ0n) is 7.40. The Hall–Kier alpha value is -1.35. The average molecular weight is 209 g/mol. The Morgan fingerprint density at radius 3 is 3.21 bits per heavy atom. The van der Waals surface area contributed by atoms with E-state index in [1.54, 1.807) is 6.20 Å². The van der Waals surface area contributed by atoms with Gasteiger partial charge in [0.25, 0.3) is 0 Å². The molecule has 0 amide bonds. The molecule has 1 aromatic heterocycles. The van der Waals surface area contributed by atoms with Crippen LogP contribution in [0.1, 0.15) is 28.4 Å². The highest BCUT2D eigenvalue weighted by molar-refractivity contribution is 6.30. The van der Waals surface area contributed by atoms with Gasteiger partial charge in [0.05, 0.1) is 6.20 Å². The zero-order valence-corrected chi connectivity index (χ0v) is 8.16. The lowest BCUT2D eigenvalue weighted by Crippen LogP contribution is -2.02. The first-order valence-corrected chi connectivity index (χ1v) is 4.71. The Bertz CT molecular complexity index is 406. The van der Waals surface area contributed by atoms with Gasteiger partial charge in [-0.3, -0.25) is 9.89 Å². The summed E-state index contributed by atoms with van der Waals surface area (Å²) in [7, 11) is 0. The van der Waals surface area contributed by atoms with E-state index in [0.29, 0.717) is 5.69 Å². The number of aldehydes is 1. The molecule has 1 unspecified atom stereocenters. The summed E-state index contributed by atoms with van der Waals surface area (Å²) < 4.78 is 0. The molecule has 1 heterocycles. The molecule has 0 saturated carbocycles. The highest BCUT2D eigenvalue weighted by Crippen LogP contribution is 2.34. The highest BCUT2D eigenvalue weighted by atomic mass is 35.5. The van der Waals surface area contributed by atoms with Crippen LogP contribution in [0.4, 0.5) is 0 Å². The second kappa shape index (κ2) is 3.80. The minimum absolute atomic E-state index is 0.0700. The van der Waals surface area contributed by atoms with Crippen molar-refractivity contribution >= 4 is 17.9 Å². The normalized spacial score (nSPS) is 20.6. The minimum atomic E-state index is 0.0700. The van der Waals surface area contributed by atoms with Gasteiger partial charge in [-0.05, 0) is 12.5 Å². The van der Waals surface area contributed by atoms with Crippen LogP contribution in [0, 0.1) is 0 Å². The van der Waals surface area contributed by atoms with Gasteiger partial charge in [0.15, 0.2) is 6.29 Å². The van der Waals surface area contributed by atoms with Gasteiger partial charge in [-0.15, -0.1) is 0 Å². The van der Waals surface area contributed by atoms with Crippen molar-refractivity contribution in [3.63, 3.8) is 0 Å². The quantitative estimate of drug-likeness (QED) is 0.759. The molecule has 0 aromatic carbocycles. The molecule has 2 rings (SSSR count). The van der Waals surface area contributed by atoms with Gasteiger partial charge in [0.2, 0.25) is 0 Å². The Labute approximate surface area is 86.5 Å². The monoisotopic (exact) mass is 208 g/mol. The second-order valence-corrected chi connectivity index (χ2v) is 3.56. The van der Waals surface area contributed by atoms with E-state index in [1.807, 2.05) is 18.2 Å². The van der Waals surface area contributed by atoms with Crippen LogP contribution in [-0.2, 0) is 0 Å². The summed E-state index contributed by atoms with van der Waals surface area (Å²) in [6.45, 7) is 0. The fourth-order valence-electron chi connectivity index (χ4n) is 1.56. The summed E-state index contributed by atoms with van der Waals surface area (Å²) in [5.74, 6) is 0.0700. The number of allylic oxidation sites excluding steroid dienone is 4. The van der Waals surface area contributed by atoms with Crippen LogP contribution < -0.4 is 0 Å². The van der Waals surface area contributed by atoms with Gasteiger partial charge in [-0.1, -0.05) is 23.8 Å². The number of hydrogen-bond donors (Lipinski definition) is 1. The molecule has 0 spiro atoms. The van der Waals surface area contributed by atoms with Crippen molar-refractivity contribution in [1.29, 1.82) is 0 Å². The molecule has 1 N–H and O–H groups in total. The Kier molecular flexibility index (Phi) is 2.50. The van der Waals surface area contributed by atoms with E-state index in [1.165, 1.54) is 0 Å². The molecular weight excluding hydrogens is 200 g/mol. The van der Waals surface area contributed by atoms with Crippen LogP contribution in [-0.4, -0.2) is 16.5 Å². The van der Waals surface area contributed by atoms with Crippen LogP contribution in [0.3, 0.4) is 0 Å². The molecule has 4 heteroatoms. The molecule has 1 aliphatic rings. The standard InChI is InChI=1S/C10H9ClN2O/c11-9-4-2-1-3-7(9)8-5-12-13-10(8)6-14/h1-2,4-7H,3H2,(H,12,13). The number of carbonyl (C=O) groups is 1. The summed E-state index contributed by atoms with van der Waals surface area (Å²) in [5.41, 5.74) is 1.38. The number of hydrogen-bond acceptors (Lipinski definition) is 2. The van der Waals surface area contributed by atoms with E-state index in [2.05, 4.69) is 10.2 Å². The molecule has 0 bridgehead atoms. The number of rotatable bonds is 2. The lowest BCUT2D eigenvalue weighted by Gasteiger charge is -2.15. The Morgan fingerprint density at radius 1 is 1.64 bits per heavy atom. The number of carbonyl (C=O) groups excluding carboxylic acids is 1. The van der Waals surface area contributed by atoms with E-state index >= 15 is 0 Å². The molecule has 0 fully saturated rings. The molecule has 0 saturated heterocycles. The highest BCUT2D eigenvalue weighted by Gasteiger charge is 2.20. The fourth-order valence-corrected chi connectivity index (χ4v) is 1.84. The third-order valence-electron chi connectivity index (χ3n) is 2.29. The van der Waals surface area contributed by atoms with Crippen molar-refractivity contribution in [3.8, 4) is 0 Å². The number of aromatic nitrogens is 2. The number of nitrogens with one attached hydrogen (secondary N) is 1. The molecule has 1 aliphatic carbocycles. The molecule has 0 radical (unpaired) electrons. The van der Waals surface area contributed by atoms with Crippen molar-refractivity contribution in [2.45, 2.75) is 12.3 Å². The van der Waals surface area contributed by atoms with Crippen LogP contribution >= 0.6 is 11.6 Å². The van der Waals surface area contributed by atoms with Crippen molar-refractivity contribution in [2.24, 2.45) is 0 Å². The Balaban J connectivity index is 2.36. The van der Waals surface area contributed by atoms with E-state index in [4.69, 9.17) is 11.6 Å². The Morgan fingerprint density at radius 2 is 2.50 bits per heavy atom. The van der Waals surface area contributed by atoms with E-state index < -0.39 is 0 Å². The zero-order chi connectivity index (χ0) is 9.97.